The molecule has 7 nitrogen and oxygen atoms in total. The van der Waals surface area contributed by atoms with Crippen molar-refractivity contribution in [3.05, 3.63) is 35.9 Å². The zero-order chi connectivity index (χ0) is 22.5. The summed E-state index contributed by atoms with van der Waals surface area (Å²) >= 11 is 0. The second-order valence-electron chi connectivity index (χ2n) is 9.74. The summed E-state index contributed by atoms with van der Waals surface area (Å²) in [6, 6.07) is 10.6. The van der Waals surface area contributed by atoms with E-state index in [-0.39, 0.29) is 41.9 Å². The molecule has 176 valence electrons. The van der Waals surface area contributed by atoms with Gasteiger partial charge in [-0.2, -0.15) is 0 Å². The van der Waals surface area contributed by atoms with Crippen LogP contribution in [0.15, 0.2) is 30.3 Å². The minimum Gasteiger partial charge on any atom is -0.383 e. The first-order valence-corrected chi connectivity index (χ1v) is 12.2. The lowest BCUT2D eigenvalue weighted by Gasteiger charge is -2.30. The summed E-state index contributed by atoms with van der Waals surface area (Å²) in [7, 11) is 1.71. The van der Waals surface area contributed by atoms with Crippen molar-refractivity contribution in [3.8, 4) is 0 Å². The Morgan fingerprint density at radius 2 is 1.84 bits per heavy atom. The van der Waals surface area contributed by atoms with Crippen molar-refractivity contribution >= 4 is 11.8 Å². The van der Waals surface area contributed by atoms with Gasteiger partial charge >= 0.3 is 0 Å². The van der Waals surface area contributed by atoms with Crippen molar-refractivity contribution in [1.82, 2.24) is 15.1 Å². The Morgan fingerprint density at radius 3 is 2.50 bits per heavy atom. The monoisotopic (exact) mass is 442 g/mol. The van der Waals surface area contributed by atoms with Gasteiger partial charge in [0.1, 0.15) is 6.04 Å². The number of nitrogens with one attached hydrogen (secondary N) is 1. The molecule has 0 radical (unpaired) electrons. The molecular weight excluding hydrogens is 404 g/mol. The van der Waals surface area contributed by atoms with Crippen LogP contribution in [0.25, 0.3) is 0 Å². The van der Waals surface area contributed by atoms with Crippen molar-refractivity contribution in [2.24, 2.45) is 11.7 Å². The van der Waals surface area contributed by atoms with Gasteiger partial charge in [0.15, 0.2) is 0 Å². The first-order chi connectivity index (χ1) is 15.5. The molecule has 4 rings (SSSR count). The molecule has 1 aliphatic heterocycles. The van der Waals surface area contributed by atoms with Gasteiger partial charge in [0.25, 0.3) is 0 Å². The summed E-state index contributed by atoms with van der Waals surface area (Å²) in [6.45, 7) is 2.80. The van der Waals surface area contributed by atoms with Gasteiger partial charge in [0, 0.05) is 50.8 Å². The maximum atomic E-state index is 13.3. The molecule has 0 spiro atoms. The van der Waals surface area contributed by atoms with Crippen LogP contribution in [0.5, 0.6) is 0 Å². The summed E-state index contributed by atoms with van der Waals surface area (Å²) in [4.78, 5) is 30.6. The zero-order valence-electron chi connectivity index (χ0n) is 19.2. The summed E-state index contributed by atoms with van der Waals surface area (Å²) in [5.74, 6) is 0.274. The molecule has 1 saturated heterocycles. The van der Waals surface area contributed by atoms with E-state index < -0.39 is 0 Å². The SMILES string of the molecule is COCCN(Cc1ccccc1)C1CC(C(=O)NC2CCC(N)CC2)N(C(=O)C2CC2)C1. The van der Waals surface area contributed by atoms with E-state index in [9.17, 15) is 9.59 Å². The number of benzene rings is 1. The third kappa shape index (κ3) is 5.88. The van der Waals surface area contributed by atoms with Crippen LogP contribution in [-0.4, -0.2) is 72.6 Å². The number of hydrogen-bond acceptors (Lipinski definition) is 5. The third-order valence-corrected chi connectivity index (χ3v) is 7.24. The smallest absolute Gasteiger partial charge is 0.243 e. The van der Waals surface area contributed by atoms with Gasteiger partial charge in [-0.05, 0) is 50.5 Å². The molecule has 3 N–H and O–H groups in total. The molecule has 2 unspecified atom stereocenters. The topological polar surface area (TPSA) is 87.9 Å². The predicted molar refractivity (Wildman–Crippen MR) is 124 cm³/mol. The van der Waals surface area contributed by atoms with Gasteiger partial charge in [-0.25, -0.2) is 0 Å². The first kappa shape index (κ1) is 23.2. The number of carbonyl (C=O) groups is 2. The third-order valence-electron chi connectivity index (χ3n) is 7.24. The summed E-state index contributed by atoms with van der Waals surface area (Å²) < 4.78 is 5.36. The van der Waals surface area contributed by atoms with E-state index in [4.69, 9.17) is 10.5 Å². The Bertz CT molecular complexity index is 762. The number of nitrogens with zero attached hydrogens (tertiary/aromatic N) is 2. The van der Waals surface area contributed by atoms with Gasteiger partial charge in [0.05, 0.1) is 6.61 Å². The van der Waals surface area contributed by atoms with Crippen LogP contribution in [-0.2, 0) is 20.9 Å². The van der Waals surface area contributed by atoms with Crippen molar-refractivity contribution in [1.29, 1.82) is 0 Å². The number of carbonyl (C=O) groups excluding carboxylic acids is 2. The molecule has 1 heterocycles. The Labute approximate surface area is 191 Å². The lowest BCUT2D eigenvalue weighted by atomic mass is 9.91. The van der Waals surface area contributed by atoms with Crippen LogP contribution in [0.2, 0.25) is 0 Å². The highest BCUT2D eigenvalue weighted by Gasteiger charge is 2.45. The van der Waals surface area contributed by atoms with Gasteiger partial charge < -0.3 is 20.7 Å². The van der Waals surface area contributed by atoms with Gasteiger partial charge in [0.2, 0.25) is 11.8 Å². The van der Waals surface area contributed by atoms with E-state index >= 15 is 0 Å². The van der Waals surface area contributed by atoms with Crippen LogP contribution in [0.4, 0.5) is 0 Å². The average molecular weight is 443 g/mol. The van der Waals surface area contributed by atoms with Crippen molar-refractivity contribution in [2.75, 3.05) is 26.8 Å². The number of amides is 2. The number of ether oxygens (including phenoxy) is 1. The van der Waals surface area contributed by atoms with E-state index in [1.165, 1.54) is 5.56 Å². The average Bonchev–Trinajstić information content (AvgIpc) is 3.56. The van der Waals surface area contributed by atoms with E-state index in [0.717, 1.165) is 51.6 Å². The Balaban J connectivity index is 1.46. The van der Waals surface area contributed by atoms with Crippen molar-refractivity contribution < 1.29 is 14.3 Å². The summed E-state index contributed by atoms with van der Waals surface area (Å²) in [6.07, 6.45) is 6.32. The summed E-state index contributed by atoms with van der Waals surface area (Å²) in [5, 5.41) is 3.25. The molecule has 2 amide bonds. The Morgan fingerprint density at radius 1 is 1.12 bits per heavy atom. The van der Waals surface area contributed by atoms with Gasteiger partial charge in [-0.1, -0.05) is 30.3 Å². The number of methoxy groups -OCH3 is 1. The molecule has 0 aromatic heterocycles. The molecule has 1 aromatic rings. The van der Waals surface area contributed by atoms with Crippen LogP contribution in [0, 0.1) is 5.92 Å². The van der Waals surface area contributed by atoms with Crippen molar-refractivity contribution in [3.63, 3.8) is 0 Å². The Kier molecular flexibility index (Phi) is 7.81. The first-order valence-electron chi connectivity index (χ1n) is 12.2. The lowest BCUT2D eigenvalue weighted by molar-refractivity contribution is -0.139. The summed E-state index contributed by atoms with van der Waals surface area (Å²) in [5.41, 5.74) is 7.26. The molecular formula is C25H38N4O3. The fraction of sp³-hybridized carbons (Fsp3) is 0.680. The zero-order valence-corrected chi connectivity index (χ0v) is 19.2. The minimum absolute atomic E-state index is 0.00775. The molecule has 3 fully saturated rings. The van der Waals surface area contributed by atoms with Gasteiger partial charge in [-0.15, -0.1) is 0 Å². The van der Waals surface area contributed by atoms with E-state index in [1.54, 1.807) is 7.11 Å². The number of rotatable bonds is 9. The van der Waals surface area contributed by atoms with E-state index in [2.05, 4.69) is 22.3 Å². The lowest BCUT2D eigenvalue weighted by Crippen LogP contribution is -2.50. The van der Waals surface area contributed by atoms with E-state index in [1.807, 2.05) is 23.1 Å². The van der Waals surface area contributed by atoms with Crippen LogP contribution < -0.4 is 11.1 Å². The quantitative estimate of drug-likeness (QED) is 0.610. The fourth-order valence-corrected chi connectivity index (χ4v) is 5.11. The second kappa shape index (κ2) is 10.8. The molecule has 2 saturated carbocycles. The molecule has 0 bridgehead atoms. The fourth-order valence-electron chi connectivity index (χ4n) is 5.11. The highest BCUT2D eigenvalue weighted by molar-refractivity contribution is 5.90. The van der Waals surface area contributed by atoms with Crippen LogP contribution >= 0.6 is 0 Å². The standard InChI is InChI=1S/C25H38N4O3/c1-32-14-13-28(16-18-5-3-2-4-6-18)22-15-23(29(17-22)25(31)19-7-8-19)24(30)27-21-11-9-20(26)10-12-21/h2-6,19-23H,7-17,26H2,1H3,(H,27,30). The molecule has 2 aliphatic carbocycles. The van der Waals surface area contributed by atoms with Crippen molar-refractivity contribution in [2.45, 2.75) is 75.7 Å². The van der Waals surface area contributed by atoms with Crippen LogP contribution in [0.1, 0.15) is 50.5 Å². The van der Waals surface area contributed by atoms with Crippen LogP contribution in [0.3, 0.4) is 0 Å². The van der Waals surface area contributed by atoms with E-state index in [0.29, 0.717) is 19.6 Å². The maximum absolute atomic E-state index is 13.3. The highest BCUT2D eigenvalue weighted by atomic mass is 16.5. The maximum Gasteiger partial charge on any atom is 0.243 e. The normalized spacial score (nSPS) is 28.2. The highest BCUT2D eigenvalue weighted by Crippen LogP contribution is 2.35. The second-order valence-corrected chi connectivity index (χ2v) is 9.74. The number of likely N-dealkylation sites (tertiary alicyclic amines) is 1. The molecule has 7 heteroatoms. The molecule has 1 aromatic carbocycles. The Hall–Kier alpha value is -1.96. The molecule has 2 atom stereocenters. The minimum atomic E-state index is -0.385. The number of nitrogens with two attached hydrogens (primary N) is 1. The number of hydrogen-bond donors (Lipinski definition) is 2. The predicted octanol–water partition coefficient (Wildman–Crippen LogP) is 1.90. The largest absolute Gasteiger partial charge is 0.383 e. The molecule has 32 heavy (non-hydrogen) atoms. The van der Waals surface area contributed by atoms with Gasteiger partial charge in [-0.3, -0.25) is 14.5 Å². The molecule has 3 aliphatic rings.